The van der Waals surface area contributed by atoms with E-state index in [0.29, 0.717) is 23.7 Å². The molecule has 146 valence electrons. The third-order valence-corrected chi connectivity index (χ3v) is 5.84. The van der Waals surface area contributed by atoms with Gasteiger partial charge in [0.15, 0.2) is 0 Å². The number of rotatable bonds is 4. The monoisotopic (exact) mass is 408 g/mol. The van der Waals surface area contributed by atoms with Crippen molar-refractivity contribution < 1.29 is 9.90 Å². The first-order valence-electron chi connectivity index (χ1n) is 9.03. The van der Waals surface area contributed by atoms with Crippen LogP contribution in [0.25, 0.3) is 0 Å². The zero-order valence-corrected chi connectivity index (χ0v) is 17.0. The van der Waals surface area contributed by atoms with Gasteiger partial charge < -0.3 is 14.9 Å². The number of fused-ring (bicyclic) bond motifs is 2. The zero-order valence-electron chi connectivity index (χ0n) is 15.3. The summed E-state index contributed by atoms with van der Waals surface area (Å²) in [6.07, 6.45) is 4.79. The lowest BCUT2D eigenvalue weighted by Gasteiger charge is -2.43. The van der Waals surface area contributed by atoms with Gasteiger partial charge in [0.1, 0.15) is 0 Å². The number of para-hydroxylation sites is 1. The Kier molecular flexibility index (Phi) is 7.15. The molecule has 2 heterocycles. The second kappa shape index (κ2) is 8.96. The summed E-state index contributed by atoms with van der Waals surface area (Å²) >= 11 is 0. The second-order valence-corrected chi connectivity index (χ2v) is 7.24. The molecule has 2 fully saturated rings. The van der Waals surface area contributed by atoms with Gasteiger partial charge in [-0.25, -0.2) is 4.79 Å². The van der Waals surface area contributed by atoms with Crippen molar-refractivity contribution >= 4 is 42.2 Å². The van der Waals surface area contributed by atoms with Crippen LogP contribution in [0.4, 0.5) is 11.4 Å². The minimum Gasteiger partial charge on any atom is -0.478 e. The molecule has 0 spiro atoms. The number of benzene rings is 2. The molecule has 0 aliphatic carbocycles. The fourth-order valence-corrected chi connectivity index (χ4v) is 4.54. The van der Waals surface area contributed by atoms with Crippen molar-refractivity contribution in [3.05, 3.63) is 60.2 Å². The summed E-state index contributed by atoms with van der Waals surface area (Å²) in [5.41, 5.74) is 2.45. The molecule has 0 aromatic heterocycles. The van der Waals surface area contributed by atoms with Gasteiger partial charge in [-0.05, 0) is 63.1 Å². The van der Waals surface area contributed by atoms with E-state index in [2.05, 4.69) is 29.0 Å². The number of hydrogen-bond acceptors (Lipinski definition) is 3. The number of anilines is 2. The van der Waals surface area contributed by atoms with Crippen molar-refractivity contribution in [3.8, 4) is 0 Å². The van der Waals surface area contributed by atoms with Gasteiger partial charge in [0.2, 0.25) is 0 Å². The Morgan fingerprint density at radius 2 is 1.56 bits per heavy atom. The summed E-state index contributed by atoms with van der Waals surface area (Å²) < 4.78 is 0. The van der Waals surface area contributed by atoms with Gasteiger partial charge in [-0.2, -0.15) is 0 Å². The highest BCUT2D eigenvalue weighted by Crippen LogP contribution is 2.40. The third-order valence-electron chi connectivity index (χ3n) is 5.84. The molecule has 4 rings (SSSR count). The number of carbonyl (C=O) groups is 1. The smallest absolute Gasteiger partial charge is 0.335 e. The number of nitrogens with zero attached hydrogens (tertiary/aromatic N) is 2. The summed E-state index contributed by atoms with van der Waals surface area (Å²) in [5, 5.41) is 9.38. The maximum Gasteiger partial charge on any atom is 0.335 e. The summed E-state index contributed by atoms with van der Waals surface area (Å²) in [6.45, 7) is 0. The topological polar surface area (TPSA) is 43.8 Å². The van der Waals surface area contributed by atoms with Gasteiger partial charge in [0.05, 0.1) is 5.56 Å². The molecule has 3 atom stereocenters. The summed E-state index contributed by atoms with van der Waals surface area (Å²) in [7, 11) is 2.25. The number of halogens is 2. The number of carboxylic acid groups (broad SMARTS) is 1. The highest BCUT2D eigenvalue weighted by Gasteiger charge is 2.40. The van der Waals surface area contributed by atoms with E-state index >= 15 is 0 Å². The SMILES string of the molecule is CN1[C@@H]2CC[C@H]1C[C@@H](N(c1ccccc1)c1cccc(C(=O)O)c1)C2.Cl.Cl. The highest BCUT2D eigenvalue weighted by atomic mass is 35.5. The first-order valence-corrected chi connectivity index (χ1v) is 9.03. The average molecular weight is 409 g/mol. The summed E-state index contributed by atoms with van der Waals surface area (Å²) in [6, 6.07) is 19.4. The first-order chi connectivity index (χ1) is 12.1. The molecule has 6 heteroatoms. The predicted octanol–water partition coefficient (Wildman–Crippen LogP) is 4.99. The molecule has 2 aromatic carbocycles. The summed E-state index contributed by atoms with van der Waals surface area (Å²) in [5.74, 6) is -0.877. The van der Waals surface area contributed by atoms with E-state index in [1.54, 1.807) is 12.1 Å². The van der Waals surface area contributed by atoms with Crippen LogP contribution >= 0.6 is 24.8 Å². The third kappa shape index (κ3) is 4.23. The van der Waals surface area contributed by atoms with Gasteiger partial charge in [-0.1, -0.05) is 24.3 Å². The Morgan fingerprint density at radius 3 is 2.15 bits per heavy atom. The van der Waals surface area contributed by atoms with E-state index in [-0.39, 0.29) is 24.8 Å². The molecule has 0 saturated carbocycles. The molecule has 2 bridgehead atoms. The molecule has 0 unspecified atom stereocenters. The first kappa shape index (κ1) is 21.5. The molecule has 2 aliphatic heterocycles. The van der Waals surface area contributed by atoms with E-state index < -0.39 is 5.97 Å². The maximum atomic E-state index is 11.4. The Hall–Kier alpha value is -1.75. The summed E-state index contributed by atoms with van der Waals surface area (Å²) in [4.78, 5) is 16.3. The van der Waals surface area contributed by atoms with Crippen LogP contribution in [0.5, 0.6) is 0 Å². The molecule has 2 aromatic rings. The second-order valence-electron chi connectivity index (χ2n) is 7.24. The minimum atomic E-state index is -0.877. The molecular weight excluding hydrogens is 383 g/mol. The molecule has 27 heavy (non-hydrogen) atoms. The molecule has 4 nitrogen and oxygen atoms in total. The standard InChI is InChI=1S/C21H24N2O2.2ClH/c1-22-17-10-11-18(22)14-20(13-17)23(16-7-3-2-4-8-16)19-9-5-6-15(12-19)21(24)25;;/h2-9,12,17-18,20H,10-11,13-14H2,1H3,(H,24,25);2*1H/t17-,18+,20+;;. The Balaban J connectivity index is 0.00000131. The van der Waals surface area contributed by atoms with Crippen LogP contribution in [0, 0.1) is 0 Å². The zero-order chi connectivity index (χ0) is 17.4. The molecule has 2 saturated heterocycles. The van der Waals surface area contributed by atoms with E-state index in [0.717, 1.165) is 24.2 Å². The van der Waals surface area contributed by atoms with Crippen molar-refractivity contribution in [2.24, 2.45) is 0 Å². The lowest BCUT2D eigenvalue weighted by atomic mass is 9.95. The normalized spacial score (nSPS) is 23.8. The molecule has 2 aliphatic rings. The van der Waals surface area contributed by atoms with Gasteiger partial charge >= 0.3 is 5.97 Å². The van der Waals surface area contributed by atoms with Crippen molar-refractivity contribution in [2.45, 2.75) is 43.8 Å². The number of hydrogen-bond donors (Lipinski definition) is 1. The van der Waals surface area contributed by atoms with Gasteiger partial charge in [-0.15, -0.1) is 24.8 Å². The van der Waals surface area contributed by atoms with Crippen LogP contribution in [0.1, 0.15) is 36.0 Å². The van der Waals surface area contributed by atoms with Crippen LogP contribution in [-0.4, -0.2) is 41.1 Å². The Morgan fingerprint density at radius 1 is 0.963 bits per heavy atom. The molecule has 0 amide bonds. The fourth-order valence-electron chi connectivity index (χ4n) is 4.54. The number of carboxylic acids is 1. The molecule has 0 radical (unpaired) electrons. The predicted molar refractivity (Wildman–Crippen MR) is 114 cm³/mol. The Bertz CT molecular complexity index is 758. The van der Waals surface area contributed by atoms with E-state index in [1.807, 2.05) is 30.3 Å². The van der Waals surface area contributed by atoms with Crippen LogP contribution in [-0.2, 0) is 0 Å². The fraction of sp³-hybridized carbons (Fsp3) is 0.381. The van der Waals surface area contributed by atoms with Crippen molar-refractivity contribution in [1.29, 1.82) is 0 Å². The largest absolute Gasteiger partial charge is 0.478 e. The van der Waals surface area contributed by atoms with Crippen LogP contribution in [0.2, 0.25) is 0 Å². The van der Waals surface area contributed by atoms with Crippen LogP contribution in [0.15, 0.2) is 54.6 Å². The van der Waals surface area contributed by atoms with Crippen molar-refractivity contribution in [2.75, 3.05) is 11.9 Å². The average Bonchev–Trinajstić information content (AvgIpc) is 2.84. The van der Waals surface area contributed by atoms with Gasteiger partial charge in [-0.3, -0.25) is 0 Å². The van der Waals surface area contributed by atoms with Gasteiger partial charge in [0.25, 0.3) is 0 Å². The highest BCUT2D eigenvalue weighted by molar-refractivity contribution is 5.89. The molecular formula is C21H26Cl2N2O2. The van der Waals surface area contributed by atoms with Crippen LogP contribution < -0.4 is 4.90 Å². The van der Waals surface area contributed by atoms with E-state index in [9.17, 15) is 9.90 Å². The lowest BCUT2D eigenvalue weighted by Crippen LogP contribution is -2.47. The van der Waals surface area contributed by atoms with Crippen molar-refractivity contribution in [1.82, 2.24) is 4.90 Å². The van der Waals surface area contributed by atoms with Crippen LogP contribution in [0.3, 0.4) is 0 Å². The number of piperidine rings is 1. The van der Waals surface area contributed by atoms with E-state index in [1.165, 1.54) is 12.8 Å². The quantitative estimate of drug-likeness (QED) is 0.773. The van der Waals surface area contributed by atoms with E-state index in [4.69, 9.17) is 0 Å². The lowest BCUT2D eigenvalue weighted by molar-refractivity contribution is 0.0697. The van der Waals surface area contributed by atoms with Gasteiger partial charge in [0, 0.05) is 29.5 Å². The maximum absolute atomic E-state index is 11.4. The minimum absolute atomic E-state index is 0. The van der Waals surface area contributed by atoms with Crippen molar-refractivity contribution in [3.63, 3.8) is 0 Å². The Labute approximate surface area is 173 Å². The number of aromatic carboxylic acids is 1. The molecule has 1 N–H and O–H groups in total.